The second-order valence-electron chi connectivity index (χ2n) is 4.61. The lowest BCUT2D eigenvalue weighted by Gasteiger charge is -2.15. The number of carboxylic acid groups (broad SMARTS) is 1. The zero-order valence-electron chi connectivity index (χ0n) is 10.0. The van der Waals surface area contributed by atoms with Gasteiger partial charge < -0.3 is 10.4 Å². The van der Waals surface area contributed by atoms with Gasteiger partial charge in [0.15, 0.2) is 0 Å². The molecule has 1 fully saturated rings. The molecular formula is C12H13ClN2O4. The Labute approximate surface area is 114 Å². The number of halogens is 1. The molecule has 0 aliphatic heterocycles. The number of aliphatic carboxylic acids is 1. The van der Waals surface area contributed by atoms with E-state index in [1.54, 1.807) is 6.07 Å². The number of nitrogens with one attached hydrogen (secondary N) is 1. The van der Waals surface area contributed by atoms with E-state index in [-0.39, 0.29) is 22.7 Å². The lowest BCUT2D eigenvalue weighted by atomic mass is 10.1. The first-order chi connectivity index (χ1) is 8.97. The van der Waals surface area contributed by atoms with Crippen molar-refractivity contribution in [3.8, 4) is 0 Å². The monoisotopic (exact) mass is 284 g/mol. The lowest BCUT2D eigenvalue weighted by Crippen LogP contribution is -2.18. The summed E-state index contributed by atoms with van der Waals surface area (Å²) >= 11 is 5.97. The number of hydrogen-bond acceptors (Lipinski definition) is 4. The van der Waals surface area contributed by atoms with Gasteiger partial charge in [-0.2, -0.15) is 0 Å². The molecular weight excluding hydrogens is 272 g/mol. The molecule has 1 aliphatic carbocycles. The molecule has 1 aromatic carbocycles. The SMILES string of the molecule is O=C(O)C1CCC(Nc2ccc([N+](=O)[O-])cc2Cl)C1. The number of non-ortho nitro benzene ring substituents is 1. The molecule has 1 saturated carbocycles. The van der Waals surface area contributed by atoms with Crippen LogP contribution in [-0.2, 0) is 4.79 Å². The van der Waals surface area contributed by atoms with Crippen molar-refractivity contribution in [3.63, 3.8) is 0 Å². The van der Waals surface area contributed by atoms with Crippen molar-refractivity contribution < 1.29 is 14.8 Å². The molecule has 1 aliphatic rings. The Morgan fingerprint density at radius 3 is 2.74 bits per heavy atom. The molecule has 0 bridgehead atoms. The van der Waals surface area contributed by atoms with Crippen LogP contribution in [0.2, 0.25) is 5.02 Å². The van der Waals surface area contributed by atoms with Crippen LogP contribution in [0.5, 0.6) is 0 Å². The second-order valence-corrected chi connectivity index (χ2v) is 5.02. The fourth-order valence-corrected chi connectivity index (χ4v) is 2.52. The summed E-state index contributed by atoms with van der Waals surface area (Å²) in [4.78, 5) is 20.9. The molecule has 2 atom stereocenters. The third-order valence-electron chi connectivity index (χ3n) is 3.30. The number of nitrogens with zero attached hydrogens (tertiary/aromatic N) is 1. The smallest absolute Gasteiger partial charge is 0.306 e. The van der Waals surface area contributed by atoms with Gasteiger partial charge in [0.1, 0.15) is 0 Å². The average molecular weight is 285 g/mol. The first-order valence-electron chi connectivity index (χ1n) is 5.90. The van der Waals surface area contributed by atoms with E-state index in [2.05, 4.69) is 5.32 Å². The van der Waals surface area contributed by atoms with Crippen LogP contribution in [-0.4, -0.2) is 22.0 Å². The third kappa shape index (κ3) is 3.14. The molecule has 7 heteroatoms. The van der Waals surface area contributed by atoms with E-state index in [1.165, 1.54) is 12.1 Å². The van der Waals surface area contributed by atoms with Gasteiger partial charge in [-0.25, -0.2) is 0 Å². The molecule has 2 unspecified atom stereocenters. The minimum atomic E-state index is -0.779. The quantitative estimate of drug-likeness (QED) is 0.655. The van der Waals surface area contributed by atoms with Gasteiger partial charge in [0, 0.05) is 18.2 Å². The first-order valence-corrected chi connectivity index (χ1v) is 6.28. The molecule has 0 radical (unpaired) electrons. The Morgan fingerprint density at radius 1 is 1.47 bits per heavy atom. The largest absolute Gasteiger partial charge is 0.481 e. The van der Waals surface area contributed by atoms with Gasteiger partial charge in [0.05, 0.1) is 21.6 Å². The lowest BCUT2D eigenvalue weighted by molar-refractivity contribution is -0.384. The van der Waals surface area contributed by atoms with E-state index >= 15 is 0 Å². The highest BCUT2D eigenvalue weighted by Gasteiger charge is 2.29. The van der Waals surface area contributed by atoms with Gasteiger partial charge in [0.2, 0.25) is 0 Å². The summed E-state index contributed by atoms with van der Waals surface area (Å²) in [6, 6.07) is 4.25. The summed E-state index contributed by atoms with van der Waals surface area (Å²) in [6.45, 7) is 0. The molecule has 6 nitrogen and oxygen atoms in total. The van der Waals surface area contributed by atoms with Gasteiger partial charge in [-0.15, -0.1) is 0 Å². The Hall–Kier alpha value is -1.82. The predicted octanol–water partition coefficient (Wildman–Crippen LogP) is 2.91. The van der Waals surface area contributed by atoms with Crippen LogP contribution in [0.25, 0.3) is 0 Å². The zero-order chi connectivity index (χ0) is 14.0. The summed E-state index contributed by atoms with van der Waals surface area (Å²) in [7, 11) is 0. The fraction of sp³-hybridized carbons (Fsp3) is 0.417. The van der Waals surface area contributed by atoms with Crippen LogP contribution in [0.1, 0.15) is 19.3 Å². The number of rotatable bonds is 4. The number of hydrogen-bond donors (Lipinski definition) is 2. The van der Waals surface area contributed by atoms with Crippen LogP contribution >= 0.6 is 11.6 Å². The molecule has 0 spiro atoms. The maximum atomic E-state index is 10.9. The number of nitro groups is 1. The average Bonchev–Trinajstić information content (AvgIpc) is 2.80. The number of benzene rings is 1. The molecule has 2 rings (SSSR count). The number of carbonyl (C=O) groups is 1. The van der Waals surface area contributed by atoms with Crippen LogP contribution in [0.4, 0.5) is 11.4 Å². The van der Waals surface area contributed by atoms with Crippen LogP contribution in [0.15, 0.2) is 18.2 Å². The fourth-order valence-electron chi connectivity index (χ4n) is 2.29. The third-order valence-corrected chi connectivity index (χ3v) is 3.62. The van der Waals surface area contributed by atoms with Crippen molar-refractivity contribution in [2.75, 3.05) is 5.32 Å². The van der Waals surface area contributed by atoms with E-state index < -0.39 is 10.9 Å². The summed E-state index contributed by atoms with van der Waals surface area (Å²) in [5.74, 6) is -1.10. The van der Waals surface area contributed by atoms with Crippen molar-refractivity contribution in [2.24, 2.45) is 5.92 Å². The minimum Gasteiger partial charge on any atom is -0.481 e. The highest BCUT2D eigenvalue weighted by Crippen LogP contribution is 2.32. The van der Waals surface area contributed by atoms with Crippen molar-refractivity contribution in [3.05, 3.63) is 33.3 Å². The molecule has 0 saturated heterocycles. The number of anilines is 1. The molecule has 2 N–H and O–H groups in total. The highest BCUT2D eigenvalue weighted by molar-refractivity contribution is 6.33. The Morgan fingerprint density at radius 2 is 2.21 bits per heavy atom. The van der Waals surface area contributed by atoms with Crippen LogP contribution in [0.3, 0.4) is 0 Å². The van der Waals surface area contributed by atoms with Crippen molar-refractivity contribution in [1.82, 2.24) is 0 Å². The van der Waals surface area contributed by atoms with Crippen LogP contribution < -0.4 is 5.32 Å². The Bertz CT molecular complexity index is 520. The van der Waals surface area contributed by atoms with Crippen molar-refractivity contribution in [1.29, 1.82) is 0 Å². The van der Waals surface area contributed by atoms with Crippen molar-refractivity contribution >= 4 is 28.9 Å². The van der Waals surface area contributed by atoms with Crippen LogP contribution in [0, 0.1) is 16.0 Å². The van der Waals surface area contributed by atoms with Gasteiger partial charge in [-0.1, -0.05) is 11.6 Å². The molecule has 0 heterocycles. The maximum Gasteiger partial charge on any atom is 0.306 e. The topological polar surface area (TPSA) is 92.5 Å². The summed E-state index contributed by atoms with van der Waals surface area (Å²) in [5.41, 5.74) is 0.536. The summed E-state index contributed by atoms with van der Waals surface area (Å²) in [6.07, 6.45) is 1.94. The number of nitro benzene ring substituents is 1. The van der Waals surface area contributed by atoms with E-state index in [9.17, 15) is 14.9 Å². The standard InChI is InChI=1S/C12H13ClN2O4/c13-10-6-9(15(18)19)3-4-11(10)14-8-2-1-7(5-8)12(16)17/h3-4,6-8,14H,1-2,5H2,(H,16,17). The van der Waals surface area contributed by atoms with E-state index in [4.69, 9.17) is 16.7 Å². The molecule has 1 aromatic rings. The number of carboxylic acids is 1. The van der Waals surface area contributed by atoms with Gasteiger partial charge in [0.25, 0.3) is 5.69 Å². The van der Waals surface area contributed by atoms with E-state index in [0.29, 0.717) is 18.5 Å². The first kappa shape index (κ1) is 13.6. The molecule has 0 aromatic heterocycles. The second kappa shape index (κ2) is 5.44. The van der Waals surface area contributed by atoms with Gasteiger partial charge >= 0.3 is 5.97 Å². The molecule has 19 heavy (non-hydrogen) atoms. The van der Waals surface area contributed by atoms with Gasteiger partial charge in [-0.3, -0.25) is 14.9 Å². The summed E-state index contributed by atoms with van der Waals surface area (Å²) < 4.78 is 0. The Kier molecular flexibility index (Phi) is 3.90. The van der Waals surface area contributed by atoms with E-state index in [1.807, 2.05) is 0 Å². The Balaban J connectivity index is 2.04. The summed E-state index contributed by atoms with van der Waals surface area (Å²) in [5, 5.41) is 22.9. The van der Waals surface area contributed by atoms with E-state index in [0.717, 1.165) is 6.42 Å². The maximum absolute atomic E-state index is 10.9. The zero-order valence-corrected chi connectivity index (χ0v) is 10.8. The van der Waals surface area contributed by atoms with Gasteiger partial charge in [-0.05, 0) is 25.3 Å². The molecule has 0 amide bonds. The highest BCUT2D eigenvalue weighted by atomic mass is 35.5. The van der Waals surface area contributed by atoms with Crippen molar-refractivity contribution in [2.45, 2.75) is 25.3 Å². The normalized spacial score (nSPS) is 22.2. The molecule has 102 valence electrons. The predicted molar refractivity (Wildman–Crippen MR) is 70.5 cm³/mol. The minimum absolute atomic E-state index is 0.0417.